The molecule has 0 amide bonds. The highest BCUT2D eigenvalue weighted by molar-refractivity contribution is 5.79. The molecular formula is C17H24N2O2. The van der Waals surface area contributed by atoms with E-state index in [9.17, 15) is 0 Å². The monoisotopic (exact) mass is 288 g/mol. The van der Waals surface area contributed by atoms with E-state index >= 15 is 0 Å². The van der Waals surface area contributed by atoms with E-state index in [4.69, 9.17) is 14.5 Å². The normalized spacial score (nSPS) is 16.8. The lowest BCUT2D eigenvalue weighted by molar-refractivity contribution is 0.257. The minimum atomic E-state index is 0.280. The Labute approximate surface area is 125 Å². The average molecular weight is 288 g/mol. The molecule has 1 aromatic heterocycles. The lowest BCUT2D eigenvalue weighted by atomic mass is 9.80. The summed E-state index contributed by atoms with van der Waals surface area (Å²) in [4.78, 5) is 8.14. The van der Waals surface area contributed by atoms with E-state index in [2.05, 4.69) is 32.7 Å². The van der Waals surface area contributed by atoms with Gasteiger partial charge in [0.1, 0.15) is 5.82 Å². The van der Waals surface area contributed by atoms with Crippen LogP contribution in [-0.4, -0.2) is 23.2 Å². The Morgan fingerprint density at radius 3 is 2.52 bits per heavy atom. The molecule has 1 aliphatic heterocycles. The molecule has 21 heavy (non-hydrogen) atoms. The molecule has 2 aromatic rings. The molecule has 0 saturated heterocycles. The van der Waals surface area contributed by atoms with Crippen molar-refractivity contribution in [1.29, 1.82) is 0 Å². The Kier molecular flexibility index (Phi) is 3.56. The second-order valence-electron chi connectivity index (χ2n) is 7.02. The van der Waals surface area contributed by atoms with Gasteiger partial charge in [0.25, 0.3) is 0 Å². The van der Waals surface area contributed by atoms with Gasteiger partial charge in [0.05, 0.1) is 24.2 Å². The maximum Gasteiger partial charge on any atom is 0.163 e. The van der Waals surface area contributed by atoms with Crippen LogP contribution in [0.15, 0.2) is 12.1 Å². The summed E-state index contributed by atoms with van der Waals surface area (Å²) in [5.74, 6) is 3.22. The summed E-state index contributed by atoms with van der Waals surface area (Å²) in [6.07, 6.45) is 1.87. The van der Waals surface area contributed by atoms with Crippen LogP contribution < -0.4 is 9.47 Å². The standard InChI is InChI=1S/C17H24N2O2/c1-11(17(2,3)4)8-16-18-12-9-14-15(10-13(12)19-16)21-7-5-6-20-14/h9-11H,5-8H2,1-4H3,(H,18,19). The maximum atomic E-state index is 5.73. The highest BCUT2D eigenvalue weighted by atomic mass is 16.5. The van der Waals surface area contributed by atoms with Gasteiger partial charge in [-0.2, -0.15) is 0 Å². The molecule has 114 valence electrons. The van der Waals surface area contributed by atoms with Crippen molar-refractivity contribution in [1.82, 2.24) is 9.97 Å². The number of ether oxygens (including phenoxy) is 2. The van der Waals surface area contributed by atoms with Crippen LogP contribution in [0.5, 0.6) is 11.5 Å². The minimum absolute atomic E-state index is 0.280. The summed E-state index contributed by atoms with van der Waals surface area (Å²) in [7, 11) is 0. The van der Waals surface area contributed by atoms with Crippen LogP contribution in [0.1, 0.15) is 39.9 Å². The first-order chi connectivity index (χ1) is 9.93. The predicted molar refractivity (Wildman–Crippen MR) is 84.0 cm³/mol. The Balaban J connectivity index is 1.90. The molecule has 1 atom stereocenters. The van der Waals surface area contributed by atoms with Gasteiger partial charge >= 0.3 is 0 Å². The van der Waals surface area contributed by atoms with Gasteiger partial charge in [0, 0.05) is 25.0 Å². The van der Waals surface area contributed by atoms with Gasteiger partial charge in [-0.3, -0.25) is 0 Å². The topological polar surface area (TPSA) is 47.1 Å². The summed E-state index contributed by atoms with van der Waals surface area (Å²) in [5.41, 5.74) is 2.26. The minimum Gasteiger partial charge on any atom is -0.489 e. The van der Waals surface area contributed by atoms with Crippen molar-refractivity contribution in [3.8, 4) is 11.5 Å². The lowest BCUT2D eigenvalue weighted by Crippen LogP contribution is -2.19. The second kappa shape index (κ2) is 5.24. The molecule has 0 radical (unpaired) electrons. The van der Waals surface area contributed by atoms with Crippen molar-refractivity contribution in [2.75, 3.05) is 13.2 Å². The quantitative estimate of drug-likeness (QED) is 0.910. The summed E-state index contributed by atoms with van der Waals surface area (Å²) >= 11 is 0. The summed E-state index contributed by atoms with van der Waals surface area (Å²) in [5, 5.41) is 0. The number of benzene rings is 1. The molecular weight excluding hydrogens is 264 g/mol. The van der Waals surface area contributed by atoms with Gasteiger partial charge in [-0.1, -0.05) is 27.7 Å². The van der Waals surface area contributed by atoms with E-state index in [1.807, 2.05) is 12.1 Å². The third-order valence-electron chi connectivity index (χ3n) is 4.38. The zero-order valence-corrected chi connectivity index (χ0v) is 13.3. The van der Waals surface area contributed by atoms with Crippen LogP contribution >= 0.6 is 0 Å². The van der Waals surface area contributed by atoms with E-state index < -0.39 is 0 Å². The molecule has 3 rings (SSSR count). The number of H-pyrrole nitrogens is 1. The molecule has 0 spiro atoms. The third kappa shape index (κ3) is 2.99. The second-order valence-corrected chi connectivity index (χ2v) is 7.02. The van der Waals surface area contributed by atoms with Gasteiger partial charge in [-0.05, 0) is 11.3 Å². The summed E-state index contributed by atoms with van der Waals surface area (Å²) < 4.78 is 11.5. The number of hydrogen-bond acceptors (Lipinski definition) is 3. The number of nitrogens with zero attached hydrogens (tertiary/aromatic N) is 1. The number of imidazole rings is 1. The van der Waals surface area contributed by atoms with Crippen molar-refractivity contribution in [2.45, 2.75) is 40.5 Å². The van der Waals surface area contributed by atoms with E-state index in [-0.39, 0.29) is 5.41 Å². The van der Waals surface area contributed by atoms with Gasteiger partial charge in [0.15, 0.2) is 11.5 Å². The van der Waals surface area contributed by atoms with Gasteiger partial charge in [-0.25, -0.2) is 4.98 Å². The van der Waals surface area contributed by atoms with E-state index in [1.54, 1.807) is 0 Å². The van der Waals surface area contributed by atoms with Crippen LogP contribution in [0.3, 0.4) is 0 Å². The van der Waals surface area contributed by atoms with Crippen LogP contribution in [0.4, 0.5) is 0 Å². The lowest BCUT2D eigenvalue weighted by Gasteiger charge is -2.26. The molecule has 1 aliphatic rings. The highest BCUT2D eigenvalue weighted by Crippen LogP contribution is 2.34. The van der Waals surface area contributed by atoms with E-state index in [1.165, 1.54) is 0 Å². The van der Waals surface area contributed by atoms with Crippen LogP contribution in [0.2, 0.25) is 0 Å². The highest BCUT2D eigenvalue weighted by Gasteiger charge is 2.22. The average Bonchev–Trinajstić information content (AvgIpc) is 2.63. The first kappa shape index (κ1) is 14.2. The maximum absolute atomic E-state index is 5.73. The molecule has 0 aliphatic carbocycles. The molecule has 1 N–H and O–H groups in total. The number of nitrogens with one attached hydrogen (secondary N) is 1. The van der Waals surface area contributed by atoms with Crippen LogP contribution in [0.25, 0.3) is 11.0 Å². The Bertz CT molecular complexity index is 597. The Morgan fingerprint density at radius 1 is 1.19 bits per heavy atom. The number of hydrogen-bond donors (Lipinski definition) is 1. The SMILES string of the molecule is CC(Cc1nc2cc3c(cc2[nH]1)OCCCO3)C(C)(C)C. The van der Waals surface area contributed by atoms with Crippen molar-refractivity contribution in [3.63, 3.8) is 0 Å². The fraction of sp³-hybridized carbons (Fsp3) is 0.588. The van der Waals surface area contributed by atoms with Gasteiger partial charge in [0.2, 0.25) is 0 Å². The predicted octanol–water partition coefficient (Wildman–Crippen LogP) is 3.95. The fourth-order valence-corrected chi connectivity index (χ4v) is 2.41. The zero-order valence-electron chi connectivity index (χ0n) is 13.3. The Hall–Kier alpha value is -1.71. The molecule has 4 heteroatoms. The zero-order chi connectivity index (χ0) is 15.0. The Morgan fingerprint density at radius 2 is 1.86 bits per heavy atom. The van der Waals surface area contributed by atoms with Gasteiger partial charge in [-0.15, -0.1) is 0 Å². The van der Waals surface area contributed by atoms with Crippen LogP contribution in [-0.2, 0) is 6.42 Å². The number of fused-ring (bicyclic) bond motifs is 2. The molecule has 0 saturated carbocycles. The molecule has 1 unspecified atom stereocenters. The van der Waals surface area contributed by atoms with E-state index in [0.29, 0.717) is 19.1 Å². The summed E-state index contributed by atoms with van der Waals surface area (Å²) in [6.45, 7) is 10.5. The smallest absolute Gasteiger partial charge is 0.163 e. The van der Waals surface area contributed by atoms with Crippen molar-refractivity contribution in [3.05, 3.63) is 18.0 Å². The largest absolute Gasteiger partial charge is 0.489 e. The van der Waals surface area contributed by atoms with Crippen molar-refractivity contribution < 1.29 is 9.47 Å². The number of aromatic amines is 1. The van der Waals surface area contributed by atoms with Gasteiger partial charge < -0.3 is 14.5 Å². The molecule has 2 heterocycles. The first-order valence-electron chi connectivity index (χ1n) is 7.72. The first-order valence-corrected chi connectivity index (χ1v) is 7.72. The number of aromatic nitrogens is 2. The number of rotatable bonds is 2. The summed E-state index contributed by atoms with van der Waals surface area (Å²) in [6, 6.07) is 3.99. The van der Waals surface area contributed by atoms with Crippen molar-refractivity contribution in [2.24, 2.45) is 11.3 Å². The van der Waals surface area contributed by atoms with Crippen LogP contribution in [0, 0.1) is 11.3 Å². The third-order valence-corrected chi connectivity index (χ3v) is 4.38. The molecule has 0 fully saturated rings. The fourth-order valence-electron chi connectivity index (χ4n) is 2.41. The molecule has 4 nitrogen and oxygen atoms in total. The van der Waals surface area contributed by atoms with Crippen molar-refractivity contribution >= 4 is 11.0 Å². The van der Waals surface area contributed by atoms with E-state index in [0.717, 1.165) is 41.2 Å². The molecule has 0 bridgehead atoms. The molecule has 1 aromatic carbocycles.